The summed E-state index contributed by atoms with van der Waals surface area (Å²) in [4.78, 5) is 2.40. The second kappa shape index (κ2) is 8.06. The zero-order valence-corrected chi connectivity index (χ0v) is 11.7. The number of hydrogen-bond donors (Lipinski definition) is 1. The summed E-state index contributed by atoms with van der Waals surface area (Å²) in [7, 11) is 0. The largest absolute Gasteiger partial charge is 0.389 e. The molecule has 1 aliphatic rings. The minimum Gasteiger partial charge on any atom is -0.389 e. The molecule has 1 aliphatic heterocycles. The van der Waals surface area contributed by atoms with E-state index in [1.165, 1.54) is 25.7 Å². The van der Waals surface area contributed by atoms with Crippen LogP contribution < -0.4 is 0 Å². The van der Waals surface area contributed by atoms with E-state index < -0.39 is 0 Å². The van der Waals surface area contributed by atoms with Crippen LogP contribution in [-0.4, -0.2) is 48.5 Å². The van der Waals surface area contributed by atoms with Gasteiger partial charge in [0.2, 0.25) is 0 Å². The van der Waals surface area contributed by atoms with Crippen molar-refractivity contribution >= 4 is 0 Å². The van der Waals surface area contributed by atoms with Crippen LogP contribution in [0, 0.1) is 5.92 Å². The van der Waals surface area contributed by atoms with Crippen molar-refractivity contribution in [3.8, 4) is 0 Å². The molecule has 2 unspecified atom stereocenters. The minimum absolute atomic E-state index is 0.207. The van der Waals surface area contributed by atoms with Crippen LogP contribution in [0.15, 0.2) is 0 Å². The van der Waals surface area contributed by atoms with Gasteiger partial charge in [-0.3, -0.25) is 0 Å². The summed E-state index contributed by atoms with van der Waals surface area (Å²) < 4.78 is 5.44. The maximum Gasteiger partial charge on any atom is 0.0900 e. The standard InChI is InChI=1S/C14H29NO2/c1-4-6-13-7-5-8-15(9-13)10-14(16)11-17-12(2)3/h12-14,16H,4-11H2,1-3H3. The van der Waals surface area contributed by atoms with Gasteiger partial charge < -0.3 is 14.7 Å². The van der Waals surface area contributed by atoms with E-state index >= 15 is 0 Å². The molecule has 17 heavy (non-hydrogen) atoms. The van der Waals surface area contributed by atoms with E-state index in [9.17, 15) is 5.11 Å². The Morgan fingerprint density at radius 2 is 2.18 bits per heavy atom. The lowest BCUT2D eigenvalue weighted by Gasteiger charge is -2.33. The molecule has 0 bridgehead atoms. The quantitative estimate of drug-likeness (QED) is 0.744. The van der Waals surface area contributed by atoms with E-state index in [1.54, 1.807) is 0 Å². The molecule has 0 aromatic heterocycles. The highest BCUT2D eigenvalue weighted by atomic mass is 16.5. The molecule has 1 N–H and O–H groups in total. The minimum atomic E-state index is -0.335. The lowest BCUT2D eigenvalue weighted by molar-refractivity contribution is -0.0137. The fourth-order valence-electron chi connectivity index (χ4n) is 2.62. The highest BCUT2D eigenvalue weighted by Gasteiger charge is 2.21. The van der Waals surface area contributed by atoms with Crippen molar-refractivity contribution in [2.24, 2.45) is 5.92 Å². The lowest BCUT2D eigenvalue weighted by atomic mass is 9.93. The van der Waals surface area contributed by atoms with Crippen LogP contribution in [0.4, 0.5) is 0 Å². The van der Waals surface area contributed by atoms with Gasteiger partial charge in [-0.1, -0.05) is 13.3 Å². The Balaban J connectivity index is 2.20. The van der Waals surface area contributed by atoms with Crippen molar-refractivity contribution in [3.63, 3.8) is 0 Å². The van der Waals surface area contributed by atoms with Crippen LogP contribution in [0.5, 0.6) is 0 Å². The predicted molar refractivity (Wildman–Crippen MR) is 71.2 cm³/mol. The first kappa shape index (κ1) is 14.9. The van der Waals surface area contributed by atoms with Gasteiger partial charge in [0, 0.05) is 13.1 Å². The third kappa shape index (κ3) is 6.39. The number of piperidine rings is 1. The zero-order valence-electron chi connectivity index (χ0n) is 11.7. The summed E-state index contributed by atoms with van der Waals surface area (Å²) >= 11 is 0. The van der Waals surface area contributed by atoms with E-state index in [0.717, 1.165) is 25.6 Å². The van der Waals surface area contributed by atoms with Gasteiger partial charge in [-0.15, -0.1) is 0 Å². The van der Waals surface area contributed by atoms with E-state index in [2.05, 4.69) is 11.8 Å². The number of hydrogen-bond acceptors (Lipinski definition) is 3. The summed E-state index contributed by atoms with van der Waals surface area (Å²) in [5, 5.41) is 9.90. The van der Waals surface area contributed by atoms with Gasteiger partial charge in [0.05, 0.1) is 18.8 Å². The van der Waals surface area contributed by atoms with Gasteiger partial charge in [0.1, 0.15) is 0 Å². The Labute approximate surface area is 106 Å². The summed E-state index contributed by atoms with van der Waals surface area (Å²) in [5.41, 5.74) is 0. The first-order valence-electron chi connectivity index (χ1n) is 7.13. The summed E-state index contributed by atoms with van der Waals surface area (Å²) in [6, 6.07) is 0. The molecule has 0 spiro atoms. The molecule has 0 aromatic rings. The van der Waals surface area contributed by atoms with Crippen molar-refractivity contribution in [2.45, 2.75) is 58.7 Å². The Morgan fingerprint density at radius 1 is 1.41 bits per heavy atom. The van der Waals surface area contributed by atoms with E-state index in [1.807, 2.05) is 13.8 Å². The topological polar surface area (TPSA) is 32.7 Å². The number of aliphatic hydroxyl groups excluding tert-OH is 1. The summed E-state index contributed by atoms with van der Waals surface area (Å²) in [6.45, 7) is 9.80. The lowest BCUT2D eigenvalue weighted by Crippen LogP contribution is -2.41. The molecule has 102 valence electrons. The molecule has 1 rings (SSSR count). The first-order chi connectivity index (χ1) is 8.11. The molecule has 3 nitrogen and oxygen atoms in total. The molecular weight excluding hydrogens is 214 g/mol. The molecule has 1 fully saturated rings. The average molecular weight is 243 g/mol. The van der Waals surface area contributed by atoms with Gasteiger partial charge in [0.25, 0.3) is 0 Å². The molecule has 0 aromatic carbocycles. The van der Waals surface area contributed by atoms with Crippen molar-refractivity contribution in [1.82, 2.24) is 4.90 Å². The molecule has 1 saturated heterocycles. The molecule has 0 saturated carbocycles. The molecule has 2 atom stereocenters. The van der Waals surface area contributed by atoms with Gasteiger partial charge >= 0.3 is 0 Å². The number of aliphatic hydroxyl groups is 1. The van der Waals surface area contributed by atoms with Gasteiger partial charge in [-0.25, -0.2) is 0 Å². The van der Waals surface area contributed by atoms with Crippen LogP contribution in [0.2, 0.25) is 0 Å². The predicted octanol–water partition coefficient (Wildman–Crippen LogP) is 2.28. The van der Waals surface area contributed by atoms with Crippen LogP contribution in [0.3, 0.4) is 0 Å². The van der Waals surface area contributed by atoms with Crippen molar-refractivity contribution in [1.29, 1.82) is 0 Å². The van der Waals surface area contributed by atoms with Gasteiger partial charge in [0.15, 0.2) is 0 Å². The van der Waals surface area contributed by atoms with Crippen molar-refractivity contribution in [2.75, 3.05) is 26.2 Å². The van der Waals surface area contributed by atoms with Crippen LogP contribution in [0.1, 0.15) is 46.5 Å². The smallest absolute Gasteiger partial charge is 0.0900 e. The molecule has 1 heterocycles. The van der Waals surface area contributed by atoms with Crippen molar-refractivity contribution in [3.05, 3.63) is 0 Å². The van der Waals surface area contributed by atoms with Crippen molar-refractivity contribution < 1.29 is 9.84 Å². The maximum atomic E-state index is 9.90. The molecule has 0 radical (unpaired) electrons. The monoisotopic (exact) mass is 243 g/mol. The average Bonchev–Trinajstić information content (AvgIpc) is 2.27. The third-order valence-corrected chi connectivity index (χ3v) is 3.39. The third-order valence-electron chi connectivity index (χ3n) is 3.39. The van der Waals surface area contributed by atoms with Crippen LogP contribution in [0.25, 0.3) is 0 Å². The number of nitrogens with zero attached hydrogens (tertiary/aromatic N) is 1. The van der Waals surface area contributed by atoms with Gasteiger partial charge in [-0.2, -0.15) is 0 Å². The van der Waals surface area contributed by atoms with E-state index in [4.69, 9.17) is 4.74 Å². The van der Waals surface area contributed by atoms with Crippen LogP contribution in [-0.2, 0) is 4.74 Å². The Bertz CT molecular complexity index is 195. The summed E-state index contributed by atoms with van der Waals surface area (Å²) in [6.07, 6.45) is 5.12. The fraction of sp³-hybridized carbons (Fsp3) is 1.00. The first-order valence-corrected chi connectivity index (χ1v) is 7.13. The molecule has 0 aliphatic carbocycles. The Hall–Kier alpha value is -0.120. The molecular formula is C14H29NO2. The highest BCUT2D eigenvalue weighted by Crippen LogP contribution is 2.20. The second-order valence-electron chi connectivity index (χ2n) is 5.59. The highest BCUT2D eigenvalue weighted by molar-refractivity contribution is 4.74. The number of likely N-dealkylation sites (tertiary alicyclic amines) is 1. The Kier molecular flexibility index (Phi) is 7.09. The zero-order chi connectivity index (χ0) is 12.7. The second-order valence-corrected chi connectivity index (χ2v) is 5.59. The molecule has 3 heteroatoms. The number of rotatable bonds is 7. The fourth-order valence-corrected chi connectivity index (χ4v) is 2.62. The summed E-state index contributed by atoms with van der Waals surface area (Å²) in [5.74, 6) is 0.840. The van der Waals surface area contributed by atoms with Gasteiger partial charge in [-0.05, 0) is 45.6 Å². The SMILES string of the molecule is CCCC1CCCN(CC(O)COC(C)C)C1. The number of β-amino-alcohol motifs (C(OH)–C–C–N with tert-alkyl or cyclic N) is 1. The maximum absolute atomic E-state index is 9.90. The molecule has 0 amide bonds. The van der Waals surface area contributed by atoms with E-state index in [0.29, 0.717) is 6.61 Å². The number of ether oxygens (including phenoxy) is 1. The van der Waals surface area contributed by atoms with E-state index in [-0.39, 0.29) is 12.2 Å². The Morgan fingerprint density at radius 3 is 2.82 bits per heavy atom. The normalized spacial score (nSPS) is 24.2. The van der Waals surface area contributed by atoms with Crippen LogP contribution >= 0.6 is 0 Å².